The summed E-state index contributed by atoms with van der Waals surface area (Å²) in [4.78, 5) is 24.6. The van der Waals surface area contributed by atoms with Crippen LogP contribution in [0.25, 0.3) is 10.9 Å². The number of ether oxygens (including phenoxy) is 2. The van der Waals surface area contributed by atoms with Crippen LogP contribution in [0.2, 0.25) is 0 Å². The van der Waals surface area contributed by atoms with Gasteiger partial charge >= 0.3 is 6.03 Å². The molecule has 2 aromatic carbocycles. The first-order chi connectivity index (χ1) is 14.1. The van der Waals surface area contributed by atoms with Crippen molar-refractivity contribution in [2.45, 2.75) is 19.9 Å². The molecule has 0 bridgehead atoms. The number of nitrogens with zero attached hydrogens (tertiary/aromatic N) is 1. The molecule has 0 aliphatic rings. The summed E-state index contributed by atoms with van der Waals surface area (Å²) in [5.41, 5.74) is 2.92. The van der Waals surface area contributed by atoms with E-state index in [9.17, 15) is 9.59 Å². The first-order valence-corrected chi connectivity index (χ1v) is 9.57. The fraction of sp³-hybridized carbons (Fsp3) is 0.333. The Morgan fingerprint density at radius 3 is 2.72 bits per heavy atom. The van der Waals surface area contributed by atoms with Crippen molar-refractivity contribution in [2.75, 3.05) is 37.6 Å². The Kier molecular flexibility index (Phi) is 7.04. The minimum Gasteiger partial charge on any atom is -0.382 e. The molecular formula is C21H26N4O4. The fourth-order valence-corrected chi connectivity index (χ4v) is 3.09. The molecule has 0 saturated carbocycles. The Hall–Kier alpha value is -3.10. The number of carbonyl (C=O) groups is 1. The number of anilines is 2. The molecule has 8 nitrogen and oxygen atoms in total. The van der Waals surface area contributed by atoms with Crippen LogP contribution in [0.1, 0.15) is 12.5 Å². The third kappa shape index (κ3) is 5.24. The molecule has 8 heteroatoms. The van der Waals surface area contributed by atoms with Crippen LogP contribution in [0.15, 0.2) is 47.3 Å². The van der Waals surface area contributed by atoms with E-state index in [1.165, 1.54) is 0 Å². The molecule has 0 saturated heterocycles. The number of fused-ring (bicyclic) bond motifs is 1. The van der Waals surface area contributed by atoms with Gasteiger partial charge in [-0.15, -0.1) is 0 Å². The summed E-state index contributed by atoms with van der Waals surface area (Å²) in [6.07, 6.45) is 0.820. The number of aryl methyl sites for hydroxylation is 1. The Labute approximate surface area is 168 Å². The average Bonchev–Trinajstić information content (AvgIpc) is 3.03. The maximum Gasteiger partial charge on any atom is 0.323 e. The van der Waals surface area contributed by atoms with Gasteiger partial charge in [0.1, 0.15) is 0 Å². The second kappa shape index (κ2) is 9.90. The SMILES string of the molecule is CCc1ccccc1NC(=O)Nc1ccc2c(c1)c(=O)[nH]n2CCOCCOC. The van der Waals surface area contributed by atoms with Crippen molar-refractivity contribution in [2.24, 2.45) is 0 Å². The number of nitrogens with one attached hydrogen (secondary N) is 3. The van der Waals surface area contributed by atoms with Gasteiger partial charge in [-0.05, 0) is 36.2 Å². The summed E-state index contributed by atoms with van der Waals surface area (Å²) in [6, 6.07) is 12.5. The highest BCUT2D eigenvalue weighted by Gasteiger charge is 2.10. The topological polar surface area (TPSA) is 97.4 Å². The van der Waals surface area contributed by atoms with E-state index in [4.69, 9.17) is 9.47 Å². The number of carbonyl (C=O) groups excluding carboxylic acids is 1. The zero-order valence-corrected chi connectivity index (χ0v) is 16.7. The van der Waals surface area contributed by atoms with Gasteiger partial charge in [-0.2, -0.15) is 0 Å². The summed E-state index contributed by atoms with van der Waals surface area (Å²) >= 11 is 0. The molecule has 3 N–H and O–H groups in total. The number of aromatic amines is 1. The van der Waals surface area contributed by atoms with E-state index < -0.39 is 0 Å². The lowest BCUT2D eigenvalue weighted by Gasteiger charge is -2.11. The van der Waals surface area contributed by atoms with Crippen LogP contribution >= 0.6 is 0 Å². The number of urea groups is 1. The lowest BCUT2D eigenvalue weighted by atomic mass is 10.1. The monoisotopic (exact) mass is 398 g/mol. The second-order valence-electron chi connectivity index (χ2n) is 6.52. The van der Waals surface area contributed by atoms with Crippen LogP contribution in [0, 0.1) is 0 Å². The predicted octanol–water partition coefficient (Wildman–Crippen LogP) is 3.20. The number of para-hydroxylation sites is 1. The van der Waals surface area contributed by atoms with Gasteiger partial charge in [-0.1, -0.05) is 25.1 Å². The summed E-state index contributed by atoms with van der Waals surface area (Å²) in [7, 11) is 1.62. The quantitative estimate of drug-likeness (QED) is 0.482. The summed E-state index contributed by atoms with van der Waals surface area (Å²) in [5.74, 6) is 0. The molecule has 29 heavy (non-hydrogen) atoms. The Morgan fingerprint density at radius 2 is 1.93 bits per heavy atom. The van der Waals surface area contributed by atoms with E-state index in [0.29, 0.717) is 37.4 Å². The molecule has 0 spiro atoms. The minimum absolute atomic E-state index is 0.211. The summed E-state index contributed by atoms with van der Waals surface area (Å²) in [6.45, 7) is 4.05. The van der Waals surface area contributed by atoms with E-state index in [-0.39, 0.29) is 11.6 Å². The van der Waals surface area contributed by atoms with Crippen LogP contribution in [0.3, 0.4) is 0 Å². The standard InChI is InChI=1S/C21H26N4O4/c1-3-15-6-4-5-7-18(15)23-21(27)22-16-8-9-19-17(14-16)20(26)24-25(19)10-11-29-13-12-28-2/h4-9,14H,3,10-13H2,1-2H3,(H,24,26)(H2,22,23,27). The molecule has 3 rings (SSSR count). The first-order valence-electron chi connectivity index (χ1n) is 9.57. The van der Waals surface area contributed by atoms with Crippen molar-refractivity contribution in [3.05, 3.63) is 58.4 Å². The van der Waals surface area contributed by atoms with Gasteiger partial charge in [0, 0.05) is 18.5 Å². The Bertz CT molecular complexity index is 1020. The number of H-pyrrole nitrogens is 1. The van der Waals surface area contributed by atoms with Crippen LogP contribution in [0.5, 0.6) is 0 Å². The highest BCUT2D eigenvalue weighted by atomic mass is 16.5. The predicted molar refractivity (Wildman–Crippen MR) is 114 cm³/mol. The van der Waals surface area contributed by atoms with Crippen molar-refractivity contribution in [3.63, 3.8) is 0 Å². The normalized spacial score (nSPS) is 11.0. The molecule has 0 aliphatic heterocycles. The third-order valence-electron chi connectivity index (χ3n) is 4.56. The molecule has 154 valence electrons. The highest BCUT2D eigenvalue weighted by molar-refractivity contribution is 6.01. The number of hydrogen-bond acceptors (Lipinski definition) is 4. The van der Waals surface area contributed by atoms with Gasteiger partial charge in [-0.3, -0.25) is 14.6 Å². The molecular weight excluding hydrogens is 372 g/mol. The average molecular weight is 398 g/mol. The second-order valence-corrected chi connectivity index (χ2v) is 6.52. The van der Waals surface area contributed by atoms with Gasteiger partial charge in [0.15, 0.2) is 0 Å². The Morgan fingerprint density at radius 1 is 1.10 bits per heavy atom. The number of methoxy groups -OCH3 is 1. The molecule has 0 fully saturated rings. The van der Waals surface area contributed by atoms with Gasteiger partial charge < -0.3 is 20.1 Å². The maximum atomic E-state index is 12.4. The summed E-state index contributed by atoms with van der Waals surface area (Å²) < 4.78 is 12.1. The number of benzene rings is 2. The van der Waals surface area contributed by atoms with E-state index in [1.54, 1.807) is 30.0 Å². The lowest BCUT2D eigenvalue weighted by Crippen LogP contribution is -2.20. The fourth-order valence-electron chi connectivity index (χ4n) is 3.09. The van der Waals surface area contributed by atoms with E-state index in [2.05, 4.69) is 15.7 Å². The molecule has 1 aromatic heterocycles. The third-order valence-corrected chi connectivity index (χ3v) is 4.56. The molecule has 0 atom stereocenters. The van der Waals surface area contributed by atoms with E-state index in [0.717, 1.165) is 23.2 Å². The lowest BCUT2D eigenvalue weighted by molar-refractivity contribution is 0.0658. The van der Waals surface area contributed by atoms with Crippen LogP contribution in [-0.4, -0.2) is 42.7 Å². The largest absolute Gasteiger partial charge is 0.382 e. The highest BCUT2D eigenvalue weighted by Crippen LogP contribution is 2.18. The van der Waals surface area contributed by atoms with Gasteiger partial charge in [0.25, 0.3) is 5.56 Å². The van der Waals surface area contributed by atoms with Crippen LogP contribution in [-0.2, 0) is 22.4 Å². The van der Waals surface area contributed by atoms with E-state index in [1.807, 2.05) is 31.2 Å². The van der Waals surface area contributed by atoms with Crippen molar-refractivity contribution in [1.29, 1.82) is 0 Å². The minimum atomic E-state index is -0.354. The molecule has 3 aromatic rings. The Balaban J connectivity index is 1.67. The van der Waals surface area contributed by atoms with Crippen molar-refractivity contribution >= 4 is 28.3 Å². The van der Waals surface area contributed by atoms with Crippen molar-refractivity contribution in [1.82, 2.24) is 9.78 Å². The number of rotatable bonds is 9. The molecule has 0 unspecified atom stereocenters. The van der Waals surface area contributed by atoms with Gasteiger partial charge in [0.2, 0.25) is 0 Å². The van der Waals surface area contributed by atoms with Crippen molar-refractivity contribution < 1.29 is 14.3 Å². The summed E-state index contributed by atoms with van der Waals surface area (Å²) in [5, 5.41) is 8.95. The van der Waals surface area contributed by atoms with Crippen LogP contribution in [0.4, 0.5) is 16.2 Å². The van der Waals surface area contributed by atoms with Crippen molar-refractivity contribution in [3.8, 4) is 0 Å². The molecule has 2 amide bonds. The van der Waals surface area contributed by atoms with Crippen LogP contribution < -0.4 is 16.2 Å². The van der Waals surface area contributed by atoms with E-state index >= 15 is 0 Å². The first kappa shape index (κ1) is 20.6. The number of hydrogen-bond donors (Lipinski definition) is 3. The number of aromatic nitrogens is 2. The molecule has 0 radical (unpaired) electrons. The zero-order chi connectivity index (χ0) is 20.6. The molecule has 1 heterocycles. The maximum absolute atomic E-state index is 12.4. The zero-order valence-electron chi connectivity index (χ0n) is 16.7. The number of amides is 2. The molecule has 0 aliphatic carbocycles. The smallest absolute Gasteiger partial charge is 0.323 e. The van der Waals surface area contributed by atoms with Gasteiger partial charge in [-0.25, -0.2) is 4.79 Å². The van der Waals surface area contributed by atoms with Gasteiger partial charge in [0.05, 0.1) is 37.3 Å².